The first-order valence-corrected chi connectivity index (χ1v) is 10.0. The second-order valence-electron chi connectivity index (χ2n) is 6.63. The number of benzene rings is 1. The maximum atomic E-state index is 13.4. The summed E-state index contributed by atoms with van der Waals surface area (Å²) in [6.07, 6.45) is 4.32. The lowest BCUT2D eigenvalue weighted by atomic mass is 9.95. The zero-order valence-electron chi connectivity index (χ0n) is 15.6. The summed E-state index contributed by atoms with van der Waals surface area (Å²) >= 11 is 1.36. The fourth-order valence-electron chi connectivity index (χ4n) is 3.26. The van der Waals surface area contributed by atoms with Crippen molar-refractivity contribution in [1.29, 1.82) is 0 Å². The molecule has 2 N–H and O–H groups in total. The predicted molar refractivity (Wildman–Crippen MR) is 104 cm³/mol. The average molecular weight is 408 g/mol. The molecule has 0 radical (unpaired) electrons. The third-order valence-corrected chi connectivity index (χ3v) is 5.77. The number of aryl methyl sites for hydroxylation is 1. The topological polar surface area (TPSA) is 67.4 Å². The molecule has 0 spiro atoms. The van der Waals surface area contributed by atoms with Crippen LogP contribution in [0.15, 0.2) is 18.2 Å². The Bertz CT molecular complexity index is 862. The number of carbonyl (C=O) groups excluding carboxylic acids is 2. The molecule has 1 aromatic carbocycles. The van der Waals surface area contributed by atoms with Crippen molar-refractivity contribution in [3.8, 4) is 0 Å². The second kappa shape index (κ2) is 9.25. The van der Waals surface area contributed by atoms with E-state index in [4.69, 9.17) is 4.74 Å². The maximum Gasteiger partial charge on any atom is 0.256 e. The van der Waals surface area contributed by atoms with Crippen molar-refractivity contribution in [2.24, 2.45) is 0 Å². The van der Waals surface area contributed by atoms with E-state index in [1.165, 1.54) is 11.3 Å². The summed E-state index contributed by atoms with van der Waals surface area (Å²) in [5.74, 6) is -2.56. The average Bonchev–Trinajstić information content (AvgIpc) is 3.02. The fraction of sp³-hybridized carbons (Fsp3) is 0.400. The monoisotopic (exact) mass is 408 g/mol. The lowest BCUT2D eigenvalue weighted by Gasteiger charge is -2.13. The van der Waals surface area contributed by atoms with Crippen LogP contribution in [0.25, 0.3) is 0 Å². The third-order valence-electron chi connectivity index (χ3n) is 4.56. The first-order valence-electron chi connectivity index (χ1n) is 9.18. The lowest BCUT2D eigenvalue weighted by Crippen LogP contribution is -2.27. The molecule has 2 aromatic rings. The highest BCUT2D eigenvalue weighted by molar-refractivity contribution is 7.17. The van der Waals surface area contributed by atoms with E-state index in [9.17, 15) is 18.4 Å². The van der Waals surface area contributed by atoms with Gasteiger partial charge in [-0.15, -0.1) is 11.3 Å². The number of fused-ring (bicyclic) bond motifs is 1. The third kappa shape index (κ3) is 4.74. The highest BCUT2D eigenvalue weighted by Crippen LogP contribution is 2.38. The van der Waals surface area contributed by atoms with Crippen molar-refractivity contribution in [3.63, 3.8) is 0 Å². The molecule has 2 amide bonds. The van der Waals surface area contributed by atoms with Crippen LogP contribution >= 0.6 is 11.3 Å². The SMILES string of the molecule is COCCCNC(=O)c1c(NC(=O)c2cc(F)cc(F)c2)sc2c1CCCC2. The minimum atomic E-state index is -0.827. The van der Waals surface area contributed by atoms with Gasteiger partial charge in [-0.2, -0.15) is 0 Å². The molecule has 3 rings (SSSR count). The summed E-state index contributed by atoms with van der Waals surface area (Å²) in [5.41, 5.74) is 1.29. The largest absolute Gasteiger partial charge is 0.385 e. The molecule has 0 bridgehead atoms. The number of carbonyl (C=O) groups is 2. The minimum Gasteiger partial charge on any atom is -0.385 e. The number of ether oxygens (including phenoxy) is 1. The van der Waals surface area contributed by atoms with Gasteiger partial charge < -0.3 is 15.4 Å². The van der Waals surface area contributed by atoms with Crippen molar-refractivity contribution in [1.82, 2.24) is 5.32 Å². The molecular weight excluding hydrogens is 386 g/mol. The standard InChI is InChI=1S/C20H22F2N2O3S/c1-27-8-4-7-23-19(26)17-15-5-2-3-6-16(15)28-20(17)24-18(25)12-9-13(21)11-14(22)10-12/h9-11H,2-8H2,1H3,(H,23,26)(H,24,25). The van der Waals surface area contributed by atoms with Gasteiger partial charge in [0.25, 0.3) is 11.8 Å². The normalized spacial score (nSPS) is 13.1. The van der Waals surface area contributed by atoms with Gasteiger partial charge in [0.1, 0.15) is 16.6 Å². The Kier molecular flexibility index (Phi) is 6.74. The van der Waals surface area contributed by atoms with Crippen LogP contribution in [-0.4, -0.2) is 32.1 Å². The van der Waals surface area contributed by atoms with Gasteiger partial charge in [0, 0.05) is 36.8 Å². The minimum absolute atomic E-state index is 0.129. The quantitative estimate of drug-likeness (QED) is 0.683. The van der Waals surface area contributed by atoms with Gasteiger partial charge in [0.15, 0.2) is 0 Å². The van der Waals surface area contributed by atoms with Gasteiger partial charge in [-0.25, -0.2) is 8.78 Å². The van der Waals surface area contributed by atoms with E-state index in [2.05, 4.69) is 10.6 Å². The summed E-state index contributed by atoms with van der Waals surface area (Å²) in [4.78, 5) is 26.4. The first-order chi connectivity index (χ1) is 13.5. The van der Waals surface area contributed by atoms with E-state index in [0.29, 0.717) is 36.2 Å². The molecule has 1 heterocycles. The van der Waals surface area contributed by atoms with Crippen LogP contribution in [0.5, 0.6) is 0 Å². The van der Waals surface area contributed by atoms with E-state index >= 15 is 0 Å². The molecule has 28 heavy (non-hydrogen) atoms. The maximum absolute atomic E-state index is 13.4. The van der Waals surface area contributed by atoms with Gasteiger partial charge in [-0.05, 0) is 49.8 Å². The van der Waals surface area contributed by atoms with Crippen LogP contribution in [0.1, 0.15) is 50.4 Å². The molecule has 0 atom stereocenters. The van der Waals surface area contributed by atoms with Crippen molar-refractivity contribution in [2.75, 3.05) is 25.6 Å². The molecule has 8 heteroatoms. The number of nitrogens with one attached hydrogen (secondary N) is 2. The van der Waals surface area contributed by atoms with Crippen molar-refractivity contribution >= 4 is 28.2 Å². The molecule has 1 aliphatic rings. The molecule has 1 aliphatic carbocycles. The van der Waals surface area contributed by atoms with Gasteiger partial charge in [-0.1, -0.05) is 0 Å². The molecule has 0 unspecified atom stereocenters. The zero-order chi connectivity index (χ0) is 20.1. The van der Waals surface area contributed by atoms with Crippen molar-refractivity contribution in [2.45, 2.75) is 32.1 Å². The Morgan fingerprint density at radius 3 is 2.54 bits per heavy atom. The predicted octanol–water partition coefficient (Wildman–Crippen LogP) is 3.92. The van der Waals surface area contributed by atoms with Crippen LogP contribution in [-0.2, 0) is 17.6 Å². The number of halogens is 2. The second-order valence-corrected chi connectivity index (χ2v) is 7.73. The molecule has 0 fully saturated rings. The Labute approximate surface area is 166 Å². The molecule has 0 aliphatic heterocycles. The van der Waals surface area contributed by atoms with Crippen LogP contribution in [0, 0.1) is 11.6 Å². The Morgan fingerprint density at radius 2 is 1.82 bits per heavy atom. The van der Waals surface area contributed by atoms with E-state index < -0.39 is 17.5 Å². The van der Waals surface area contributed by atoms with Crippen molar-refractivity contribution in [3.05, 3.63) is 51.4 Å². The van der Waals surface area contributed by atoms with E-state index in [0.717, 1.165) is 48.3 Å². The fourth-order valence-corrected chi connectivity index (χ4v) is 4.54. The smallest absolute Gasteiger partial charge is 0.256 e. The van der Waals surface area contributed by atoms with Crippen molar-refractivity contribution < 1.29 is 23.1 Å². The Hall–Kier alpha value is -2.32. The van der Waals surface area contributed by atoms with E-state index in [1.807, 2.05) is 0 Å². The lowest BCUT2D eigenvalue weighted by molar-refractivity contribution is 0.0948. The number of amides is 2. The summed E-state index contributed by atoms with van der Waals surface area (Å²) in [5, 5.41) is 5.96. The first kappa shape index (κ1) is 20.4. The van der Waals surface area contributed by atoms with Gasteiger partial charge in [0.05, 0.1) is 5.56 Å². The van der Waals surface area contributed by atoms with Gasteiger partial charge in [0.2, 0.25) is 0 Å². The zero-order valence-corrected chi connectivity index (χ0v) is 16.4. The Morgan fingerprint density at radius 1 is 1.11 bits per heavy atom. The van der Waals surface area contributed by atoms with Crippen LogP contribution < -0.4 is 10.6 Å². The number of methoxy groups -OCH3 is 1. The molecule has 0 saturated carbocycles. The van der Waals surface area contributed by atoms with Crippen LogP contribution in [0.4, 0.5) is 13.8 Å². The summed E-state index contributed by atoms with van der Waals surface area (Å²) in [7, 11) is 1.60. The van der Waals surface area contributed by atoms with E-state index in [-0.39, 0.29) is 11.5 Å². The van der Waals surface area contributed by atoms with Crippen LogP contribution in [0.2, 0.25) is 0 Å². The summed E-state index contributed by atoms with van der Waals surface area (Å²) in [6.45, 7) is 0.997. The number of thiophene rings is 1. The highest BCUT2D eigenvalue weighted by atomic mass is 32.1. The number of anilines is 1. The summed E-state index contributed by atoms with van der Waals surface area (Å²) < 4.78 is 31.8. The van der Waals surface area contributed by atoms with E-state index in [1.54, 1.807) is 7.11 Å². The molecule has 0 saturated heterocycles. The highest BCUT2D eigenvalue weighted by Gasteiger charge is 2.26. The number of hydrogen-bond donors (Lipinski definition) is 2. The van der Waals surface area contributed by atoms with Gasteiger partial charge in [-0.3, -0.25) is 9.59 Å². The molecule has 1 aromatic heterocycles. The van der Waals surface area contributed by atoms with Crippen LogP contribution in [0.3, 0.4) is 0 Å². The molecule has 5 nitrogen and oxygen atoms in total. The number of rotatable bonds is 7. The summed E-state index contributed by atoms with van der Waals surface area (Å²) in [6, 6.07) is 2.65. The Balaban J connectivity index is 1.84. The van der Waals surface area contributed by atoms with Gasteiger partial charge >= 0.3 is 0 Å². The molecular formula is C20H22F2N2O3S. The molecule has 150 valence electrons. The number of hydrogen-bond acceptors (Lipinski definition) is 4.